The highest BCUT2D eigenvalue weighted by Crippen LogP contribution is 2.56. The van der Waals surface area contributed by atoms with Crippen molar-refractivity contribution in [1.29, 1.82) is 0 Å². The lowest BCUT2D eigenvalue weighted by Gasteiger charge is -2.36. The van der Waals surface area contributed by atoms with Crippen LogP contribution in [0.4, 0.5) is 0 Å². The van der Waals surface area contributed by atoms with Gasteiger partial charge in [0.15, 0.2) is 11.7 Å². The highest BCUT2D eigenvalue weighted by molar-refractivity contribution is 7.54. The van der Waals surface area contributed by atoms with E-state index in [2.05, 4.69) is 31.9 Å². The molecule has 0 saturated carbocycles. The maximum Gasteiger partial charge on any atom is 0.360 e. The number of aliphatic hydroxyl groups excluding tert-OH is 2. The number of carbonyl (C=O) groups excluding carboxylic acids is 6. The number of allylic oxidation sites excluding steroid dienone is 2. The lowest BCUT2D eigenvalue weighted by atomic mass is 9.75. The second kappa shape index (κ2) is 35.9. The van der Waals surface area contributed by atoms with Crippen LogP contribution in [0.1, 0.15) is 193 Å². The molecule has 0 radical (unpaired) electrons. The van der Waals surface area contributed by atoms with Gasteiger partial charge in [0.05, 0.1) is 55.8 Å². The molecule has 2 fully saturated rings. The molecule has 1 spiro atoms. The lowest BCUT2D eigenvalue weighted by molar-refractivity contribution is -0.132. The first kappa shape index (κ1) is 71.0. The van der Waals surface area contributed by atoms with Crippen LogP contribution < -0.4 is 31.9 Å². The molecule has 2 aromatic carbocycles. The fourth-order valence-corrected chi connectivity index (χ4v) is 15.6. The number of benzene rings is 2. The van der Waals surface area contributed by atoms with Gasteiger partial charge in [0.2, 0.25) is 35.4 Å². The van der Waals surface area contributed by atoms with Crippen molar-refractivity contribution in [2.45, 2.75) is 224 Å². The van der Waals surface area contributed by atoms with Crippen molar-refractivity contribution in [2.24, 2.45) is 17.3 Å². The maximum atomic E-state index is 15.0. The number of aliphatic hydroxyl groups is 2. The van der Waals surface area contributed by atoms with Gasteiger partial charge < -0.3 is 60.2 Å². The smallest absolute Gasteiger partial charge is 0.360 e. The molecule has 2 aromatic rings. The summed E-state index contributed by atoms with van der Waals surface area (Å²) in [5, 5.41) is 42.3. The van der Waals surface area contributed by atoms with E-state index in [1.807, 2.05) is 93.6 Å². The van der Waals surface area contributed by atoms with E-state index < -0.39 is 86.2 Å². The van der Waals surface area contributed by atoms with E-state index in [9.17, 15) is 48.1 Å². The minimum Gasteiger partial charge on any atom is -0.379 e. The fourth-order valence-electron chi connectivity index (χ4n) is 12.2. The molecule has 3 heterocycles. The third-order valence-electron chi connectivity index (χ3n) is 16.4. The lowest BCUT2D eigenvalue weighted by Crippen LogP contribution is -2.55. The van der Waals surface area contributed by atoms with Gasteiger partial charge in [-0.25, -0.2) is 0 Å². The molecule has 0 aliphatic carbocycles. The van der Waals surface area contributed by atoms with Gasteiger partial charge in [-0.2, -0.15) is 0 Å². The van der Waals surface area contributed by atoms with E-state index >= 15 is 0 Å². The van der Waals surface area contributed by atoms with Crippen LogP contribution >= 0.6 is 15.2 Å². The zero-order chi connectivity index (χ0) is 62.0. The number of carbonyl (C=O) groups is 6. The van der Waals surface area contributed by atoms with Gasteiger partial charge in [0, 0.05) is 19.0 Å². The van der Waals surface area contributed by atoms with E-state index in [0.29, 0.717) is 51.4 Å². The van der Waals surface area contributed by atoms with Gasteiger partial charge >= 0.3 is 15.2 Å². The molecule has 20 nitrogen and oxygen atoms in total. The van der Waals surface area contributed by atoms with E-state index in [-0.39, 0.29) is 113 Å². The van der Waals surface area contributed by atoms with Crippen LogP contribution in [0.3, 0.4) is 0 Å². The Hall–Kier alpha value is -4.78. The Kier molecular flexibility index (Phi) is 30.0. The van der Waals surface area contributed by atoms with Gasteiger partial charge in [-0.3, -0.25) is 37.9 Å². The summed E-state index contributed by atoms with van der Waals surface area (Å²) in [5.74, 6) is -7.84. The van der Waals surface area contributed by atoms with E-state index in [4.69, 9.17) is 18.1 Å². The summed E-state index contributed by atoms with van der Waals surface area (Å²) >= 11 is 0. The van der Waals surface area contributed by atoms with Crippen molar-refractivity contribution in [3.63, 3.8) is 0 Å². The molecular weight excluding hydrogens is 1130 g/mol. The van der Waals surface area contributed by atoms with Crippen molar-refractivity contribution in [3.05, 3.63) is 83.9 Å². The van der Waals surface area contributed by atoms with Crippen molar-refractivity contribution in [2.75, 3.05) is 33.0 Å². The minimum absolute atomic E-state index is 0.0526. The van der Waals surface area contributed by atoms with E-state index in [1.165, 1.54) is 0 Å². The predicted molar refractivity (Wildman–Crippen MR) is 328 cm³/mol. The van der Waals surface area contributed by atoms with E-state index in [1.54, 1.807) is 27.7 Å². The maximum absolute atomic E-state index is 15.0. The Morgan fingerprint density at radius 3 is 1.58 bits per heavy atom. The quantitative estimate of drug-likeness (QED) is 0.0453. The molecule has 3 aliphatic rings. The number of amides is 6. The summed E-state index contributed by atoms with van der Waals surface area (Å²) in [5.41, 5.74) is 0.288. The van der Waals surface area contributed by atoms with Crippen LogP contribution in [0.25, 0.3) is 0 Å². The van der Waals surface area contributed by atoms with Gasteiger partial charge in [0.25, 0.3) is 0 Å². The first-order valence-corrected chi connectivity index (χ1v) is 34.6. The highest BCUT2D eigenvalue weighted by Gasteiger charge is 2.52. The summed E-state index contributed by atoms with van der Waals surface area (Å²) in [4.78, 5) is 86.6. The van der Waals surface area contributed by atoms with Gasteiger partial charge in [-0.1, -0.05) is 126 Å². The third-order valence-corrected chi connectivity index (χ3v) is 20.8. The molecule has 11 atom stereocenters. The normalized spacial score (nSPS) is 27.2. The summed E-state index contributed by atoms with van der Waals surface area (Å²) in [6, 6.07) is 13.4. The number of rotatable bonds is 20. The Morgan fingerprint density at radius 2 is 1.04 bits per heavy atom. The van der Waals surface area contributed by atoms with Crippen molar-refractivity contribution >= 4 is 50.6 Å². The zero-order valence-electron chi connectivity index (χ0n) is 51.4. The number of hydrogen-bond donors (Lipinski definition) is 8. The molecular formula is C63H100N6O14P2. The molecule has 3 aliphatic heterocycles. The molecule has 0 aromatic heterocycles. The van der Waals surface area contributed by atoms with Crippen LogP contribution in [0.5, 0.6) is 0 Å². The van der Waals surface area contributed by atoms with Gasteiger partial charge in [-0.15, -0.1) is 0 Å². The number of nitrogens with one attached hydrogen (secondary N) is 6. The van der Waals surface area contributed by atoms with Crippen LogP contribution in [0.15, 0.2) is 72.8 Å². The average molecular weight is 1230 g/mol. The summed E-state index contributed by atoms with van der Waals surface area (Å²) in [6.45, 7) is 12.1. The molecule has 0 bridgehead atoms. The average Bonchev–Trinajstić information content (AvgIpc) is 3.96. The second-order valence-electron chi connectivity index (χ2n) is 23.7. The Bertz CT molecular complexity index is 2520. The molecule has 85 heavy (non-hydrogen) atoms. The molecule has 22 heteroatoms. The van der Waals surface area contributed by atoms with Crippen molar-refractivity contribution in [3.8, 4) is 0 Å². The summed E-state index contributed by atoms with van der Waals surface area (Å²) in [7, 11) is -8.62. The Labute approximate surface area is 505 Å². The highest BCUT2D eigenvalue weighted by atomic mass is 31.2. The number of hydrogen-bond acceptors (Lipinski definition) is 14. The van der Waals surface area contributed by atoms with Crippen LogP contribution in [-0.2, 0) is 56.0 Å². The minimum atomic E-state index is -4.38. The second-order valence-corrected chi connectivity index (χ2v) is 27.9. The standard InChI is InChI=1S/C63H100N6O14P2/c1-8-80-84(78,81-9-2)60(75)51-35-28-38-64-55(70)36-26-16-12-14-24-33-50(47-31-22-19-23-32-47)57(72)68-53(59(74)66-51)41-45(7)40-48-42-63(62(77)65-48)37-27-17-13-15-25-34-49(46-29-20-18-21-30-46)56(71)67-52(39-44(5)6)58(73)69-54(43-63)61(76)85(79,82-10-3)83-11-4/h17-23,27,29-32,44-45,48-54,60-61,75-76H,8-16,24-26,28,33-43H2,1-7H3,(H,64,70)(H,65,77)(H,66,74)(H,67,71)(H,68,72)(H,69,73)/b27-17+/t45?,48?,49?,50?,51-,52-,53-,54-,60?,61?,63?/m0/s1. The monoisotopic (exact) mass is 1230 g/mol. The largest absolute Gasteiger partial charge is 0.379 e. The molecule has 2 saturated heterocycles. The topological polar surface area (TPSA) is 286 Å². The molecule has 5 rings (SSSR count). The van der Waals surface area contributed by atoms with E-state index in [0.717, 1.165) is 36.8 Å². The van der Waals surface area contributed by atoms with Crippen molar-refractivity contribution in [1.82, 2.24) is 31.9 Å². The summed E-state index contributed by atoms with van der Waals surface area (Å²) in [6.07, 6.45) is 12.4. The molecule has 476 valence electrons. The predicted octanol–water partition coefficient (Wildman–Crippen LogP) is 9.55. The molecule has 7 unspecified atom stereocenters. The fraction of sp³-hybridized carbons (Fsp3) is 0.683. The first-order chi connectivity index (χ1) is 40.7. The molecule has 8 N–H and O–H groups in total. The Balaban J connectivity index is 1.52. The Morgan fingerprint density at radius 1 is 0.541 bits per heavy atom. The van der Waals surface area contributed by atoms with Crippen LogP contribution in [-0.4, -0.2) is 121 Å². The summed E-state index contributed by atoms with van der Waals surface area (Å²) < 4.78 is 51.2. The van der Waals surface area contributed by atoms with Crippen molar-refractivity contribution < 1.29 is 66.2 Å². The zero-order valence-corrected chi connectivity index (χ0v) is 53.2. The first-order valence-electron chi connectivity index (χ1n) is 31.4. The molecule has 6 amide bonds. The SMILES string of the molecule is CCOP(=O)(OCC)C(O)[C@@H]1CCCNC(=O)CCCCCCCC(c2ccccc2)C(=O)N[C@@H](CC(C)CC2CC3(C/C=C/CCCCC(c4ccccc4)C(=O)N[C@@H](CC(C)C)C(=O)N[C@H](C(O)P(=O)(OCC)OCC)C3)C(=O)N2)C(=O)N1. The van der Waals surface area contributed by atoms with Gasteiger partial charge in [0.1, 0.15) is 12.1 Å². The van der Waals surface area contributed by atoms with Gasteiger partial charge in [-0.05, 0) is 134 Å². The van der Waals surface area contributed by atoms with Crippen LogP contribution in [0, 0.1) is 17.3 Å². The third kappa shape index (κ3) is 21.8. The van der Waals surface area contributed by atoms with Crippen LogP contribution in [0.2, 0.25) is 0 Å².